The Labute approximate surface area is 231 Å². The van der Waals surface area contributed by atoms with E-state index in [1.54, 1.807) is 12.1 Å². The van der Waals surface area contributed by atoms with Crippen LogP contribution in [0.2, 0.25) is 0 Å². The highest BCUT2D eigenvalue weighted by Crippen LogP contribution is 2.26. The van der Waals surface area contributed by atoms with Gasteiger partial charge in [0.2, 0.25) is 0 Å². The summed E-state index contributed by atoms with van der Waals surface area (Å²) in [6, 6.07) is 38.3. The van der Waals surface area contributed by atoms with E-state index in [2.05, 4.69) is 9.97 Å². The highest BCUT2D eigenvalue weighted by molar-refractivity contribution is 6.05. The van der Waals surface area contributed by atoms with Gasteiger partial charge in [-0.25, -0.2) is 19.6 Å². The van der Waals surface area contributed by atoms with Crippen molar-refractivity contribution in [3.05, 3.63) is 132 Å². The molecular formula is C34H26N2O4. The van der Waals surface area contributed by atoms with Crippen molar-refractivity contribution in [2.45, 2.75) is 0 Å². The summed E-state index contributed by atoms with van der Waals surface area (Å²) in [4.78, 5) is 33.2. The van der Waals surface area contributed by atoms with Crippen LogP contribution in [0.3, 0.4) is 0 Å². The first kappa shape index (κ1) is 26.3. The Morgan fingerprint density at radius 3 is 1.23 bits per heavy atom. The van der Waals surface area contributed by atoms with Crippen LogP contribution in [0, 0.1) is 0 Å². The van der Waals surface area contributed by atoms with Crippen molar-refractivity contribution in [1.29, 1.82) is 0 Å². The number of carbonyl (C=O) groups excluding carboxylic acids is 2. The molecule has 0 saturated heterocycles. The van der Waals surface area contributed by atoms with Gasteiger partial charge in [0.1, 0.15) is 0 Å². The van der Waals surface area contributed by atoms with Crippen LogP contribution >= 0.6 is 0 Å². The third-order valence-electron chi connectivity index (χ3n) is 6.38. The van der Waals surface area contributed by atoms with Crippen LogP contribution < -0.4 is 0 Å². The molecule has 40 heavy (non-hydrogen) atoms. The largest absolute Gasteiger partial charge is 0.465 e. The van der Waals surface area contributed by atoms with Crippen LogP contribution in [-0.4, -0.2) is 36.1 Å². The monoisotopic (exact) mass is 526 g/mol. The van der Waals surface area contributed by atoms with Crippen LogP contribution in [0.1, 0.15) is 20.7 Å². The molecule has 0 bridgehead atoms. The minimum Gasteiger partial charge on any atom is -0.465 e. The molecular weight excluding hydrogens is 500 g/mol. The zero-order valence-electron chi connectivity index (χ0n) is 22.1. The Morgan fingerprint density at radius 1 is 0.500 bits per heavy atom. The number of fused-ring (bicyclic) bond motifs is 2. The van der Waals surface area contributed by atoms with E-state index in [9.17, 15) is 9.59 Å². The number of ether oxygens (including phenoxy) is 2. The van der Waals surface area contributed by atoms with Crippen LogP contribution in [-0.2, 0) is 9.47 Å². The predicted molar refractivity (Wildman–Crippen MR) is 157 cm³/mol. The van der Waals surface area contributed by atoms with Crippen LogP contribution in [0.15, 0.2) is 121 Å². The number of esters is 2. The Balaban J connectivity index is 0.000000161. The lowest BCUT2D eigenvalue weighted by Gasteiger charge is -2.08. The molecule has 0 radical (unpaired) electrons. The van der Waals surface area contributed by atoms with Crippen LogP contribution in [0.25, 0.3) is 44.3 Å². The number of benzene rings is 4. The average molecular weight is 527 g/mol. The normalized spacial score (nSPS) is 10.4. The van der Waals surface area contributed by atoms with E-state index < -0.39 is 0 Å². The summed E-state index contributed by atoms with van der Waals surface area (Å²) in [5.41, 5.74) is 6.14. The summed E-state index contributed by atoms with van der Waals surface area (Å²) >= 11 is 0. The Bertz CT molecular complexity index is 1670. The number of methoxy groups -OCH3 is 2. The molecule has 0 aliphatic heterocycles. The van der Waals surface area contributed by atoms with E-state index in [0.29, 0.717) is 11.1 Å². The van der Waals surface area contributed by atoms with Gasteiger partial charge in [0.05, 0.1) is 47.8 Å². The van der Waals surface area contributed by atoms with Crippen LogP contribution in [0.5, 0.6) is 0 Å². The molecule has 196 valence electrons. The number of aromatic nitrogens is 2. The number of para-hydroxylation sites is 2. The molecule has 2 aromatic heterocycles. The number of pyridine rings is 2. The Kier molecular flexibility index (Phi) is 7.88. The van der Waals surface area contributed by atoms with Gasteiger partial charge in [0, 0.05) is 21.9 Å². The molecule has 0 fully saturated rings. The second-order valence-corrected chi connectivity index (χ2v) is 8.86. The number of nitrogens with zero attached hydrogens (tertiary/aromatic N) is 2. The fourth-order valence-corrected chi connectivity index (χ4v) is 4.42. The van der Waals surface area contributed by atoms with E-state index >= 15 is 0 Å². The third-order valence-corrected chi connectivity index (χ3v) is 6.38. The van der Waals surface area contributed by atoms with Crippen LogP contribution in [0.4, 0.5) is 0 Å². The summed E-state index contributed by atoms with van der Waals surface area (Å²) < 4.78 is 9.74. The maximum absolute atomic E-state index is 12.0. The molecule has 6 rings (SSSR count). The zero-order chi connectivity index (χ0) is 27.9. The highest BCUT2D eigenvalue weighted by Gasteiger charge is 2.15. The minimum absolute atomic E-state index is 0.346. The molecule has 4 aromatic carbocycles. The average Bonchev–Trinajstić information content (AvgIpc) is 3.04. The van der Waals surface area contributed by atoms with Crippen molar-refractivity contribution in [3.8, 4) is 22.5 Å². The second kappa shape index (κ2) is 12.0. The molecule has 0 N–H and O–H groups in total. The van der Waals surface area contributed by atoms with Gasteiger partial charge in [-0.2, -0.15) is 0 Å². The lowest BCUT2D eigenvalue weighted by Crippen LogP contribution is -2.03. The zero-order valence-corrected chi connectivity index (χ0v) is 22.1. The molecule has 0 aliphatic rings. The van der Waals surface area contributed by atoms with Crippen molar-refractivity contribution >= 4 is 33.7 Å². The van der Waals surface area contributed by atoms with Crippen molar-refractivity contribution < 1.29 is 19.1 Å². The van der Waals surface area contributed by atoms with Gasteiger partial charge >= 0.3 is 11.9 Å². The molecule has 6 nitrogen and oxygen atoms in total. The van der Waals surface area contributed by atoms with Gasteiger partial charge in [0.25, 0.3) is 0 Å². The van der Waals surface area contributed by atoms with Gasteiger partial charge in [-0.1, -0.05) is 97.1 Å². The summed E-state index contributed by atoms with van der Waals surface area (Å²) in [6.07, 6.45) is 0. The summed E-state index contributed by atoms with van der Waals surface area (Å²) in [7, 11) is 2.78. The predicted octanol–water partition coefficient (Wildman–Crippen LogP) is 7.38. The molecule has 0 aliphatic carbocycles. The number of carbonyl (C=O) groups is 2. The van der Waals surface area contributed by atoms with E-state index in [4.69, 9.17) is 9.47 Å². The van der Waals surface area contributed by atoms with Gasteiger partial charge in [-0.15, -0.1) is 0 Å². The molecule has 0 atom stereocenters. The minimum atomic E-state index is -0.346. The highest BCUT2D eigenvalue weighted by atomic mass is 16.5. The Morgan fingerprint density at radius 2 is 0.850 bits per heavy atom. The van der Waals surface area contributed by atoms with Crippen molar-refractivity contribution in [3.63, 3.8) is 0 Å². The first-order valence-electron chi connectivity index (χ1n) is 12.7. The molecule has 6 aromatic rings. The SMILES string of the molecule is COC(=O)c1cc(-c2ccccc2)nc2ccccc12.COC(=O)c1cc(-c2ccccc2)nc2ccccc12. The Hall–Kier alpha value is -5.36. The maximum atomic E-state index is 12.0. The van der Waals surface area contributed by atoms with Gasteiger partial charge in [-0.05, 0) is 24.3 Å². The fraction of sp³-hybridized carbons (Fsp3) is 0.0588. The van der Waals surface area contributed by atoms with E-state index in [0.717, 1.165) is 44.3 Å². The molecule has 6 heteroatoms. The smallest absolute Gasteiger partial charge is 0.338 e. The fourth-order valence-electron chi connectivity index (χ4n) is 4.42. The van der Waals surface area contributed by atoms with E-state index in [1.165, 1.54) is 14.2 Å². The third kappa shape index (κ3) is 5.56. The van der Waals surface area contributed by atoms with Gasteiger partial charge < -0.3 is 9.47 Å². The number of hydrogen-bond donors (Lipinski definition) is 0. The maximum Gasteiger partial charge on any atom is 0.338 e. The second-order valence-electron chi connectivity index (χ2n) is 8.86. The first-order chi connectivity index (χ1) is 19.6. The van der Waals surface area contributed by atoms with E-state index in [1.807, 2.05) is 109 Å². The van der Waals surface area contributed by atoms with E-state index in [-0.39, 0.29) is 11.9 Å². The molecule has 0 unspecified atom stereocenters. The summed E-state index contributed by atoms with van der Waals surface area (Å²) in [5.74, 6) is -0.693. The topological polar surface area (TPSA) is 78.4 Å². The summed E-state index contributed by atoms with van der Waals surface area (Å²) in [5, 5.41) is 1.61. The molecule has 0 spiro atoms. The molecule has 2 heterocycles. The van der Waals surface area contributed by atoms with Crippen molar-refractivity contribution in [1.82, 2.24) is 9.97 Å². The standard InChI is InChI=1S/2C17H13NO2/c2*1-20-17(19)14-11-16(12-7-3-2-4-8-12)18-15-10-6-5-9-13(14)15/h2*2-11H,1H3. The lowest BCUT2D eigenvalue weighted by atomic mass is 10.0. The van der Waals surface area contributed by atoms with Gasteiger partial charge in [-0.3, -0.25) is 0 Å². The first-order valence-corrected chi connectivity index (χ1v) is 12.7. The molecule has 0 saturated carbocycles. The van der Waals surface area contributed by atoms with Crippen molar-refractivity contribution in [2.75, 3.05) is 14.2 Å². The lowest BCUT2D eigenvalue weighted by molar-refractivity contribution is 0.0594. The van der Waals surface area contributed by atoms with Gasteiger partial charge in [0.15, 0.2) is 0 Å². The summed E-state index contributed by atoms with van der Waals surface area (Å²) in [6.45, 7) is 0. The molecule has 0 amide bonds. The van der Waals surface area contributed by atoms with Crippen molar-refractivity contribution in [2.24, 2.45) is 0 Å². The number of hydrogen-bond acceptors (Lipinski definition) is 6. The quantitative estimate of drug-likeness (QED) is 0.223. The number of rotatable bonds is 4.